The number of hydrogen-bond acceptors (Lipinski definition) is 7. The summed E-state index contributed by atoms with van der Waals surface area (Å²) < 4.78 is 19.1. The molecule has 1 spiro atoms. The molecule has 0 atom stereocenters. The average Bonchev–Trinajstić information content (AvgIpc) is 3.64. The molecule has 2 rings (SSSR count). The Hall–Kier alpha value is -0.963. The van der Waals surface area contributed by atoms with Crippen LogP contribution in [-0.2, 0) is 23.5 Å². The van der Waals surface area contributed by atoms with E-state index in [0.717, 1.165) is 97.1 Å². The summed E-state index contributed by atoms with van der Waals surface area (Å²) in [5.74, 6) is -0.0826. The van der Waals surface area contributed by atoms with Gasteiger partial charge >= 0.3 is 11.9 Å². The molecule has 7 nitrogen and oxygen atoms in total. The quantitative estimate of drug-likeness (QED) is 0.0350. The molecule has 0 aliphatic carbocycles. The molecular weight excluding hydrogens is 773 g/mol. The van der Waals surface area contributed by atoms with Crippen LogP contribution in [0.2, 0.25) is 18.1 Å². The minimum absolute atomic E-state index is 0.0173. The Morgan fingerprint density at radius 3 is 1.34 bits per heavy atom. The van der Waals surface area contributed by atoms with Gasteiger partial charge in [-0.25, -0.2) is 0 Å². The van der Waals surface area contributed by atoms with Crippen molar-refractivity contribution in [3.8, 4) is 0 Å². The van der Waals surface area contributed by atoms with Crippen LogP contribution < -0.4 is 0 Å². The van der Waals surface area contributed by atoms with Gasteiger partial charge in [-0.1, -0.05) is 177 Å². The first-order chi connectivity index (χ1) is 29.3. The summed E-state index contributed by atoms with van der Waals surface area (Å²) in [6, 6.07) is -0.0873. The highest BCUT2D eigenvalue weighted by Crippen LogP contribution is 2.41. The van der Waals surface area contributed by atoms with E-state index >= 15 is 0 Å². The van der Waals surface area contributed by atoms with Crippen molar-refractivity contribution in [2.24, 2.45) is 17.3 Å². The van der Waals surface area contributed by atoms with E-state index in [1.807, 2.05) is 0 Å². The zero-order chi connectivity index (χ0) is 44.8. The molecule has 0 N–H and O–H groups in total. The van der Waals surface area contributed by atoms with Crippen molar-refractivity contribution in [3.05, 3.63) is 0 Å². The van der Waals surface area contributed by atoms with Gasteiger partial charge in [-0.2, -0.15) is 0 Å². The summed E-state index contributed by atoms with van der Waals surface area (Å²) in [6.45, 7) is 27.7. The molecule has 2 fully saturated rings. The Bertz CT molecular complexity index is 1030. The molecule has 0 unspecified atom stereocenters. The normalized spacial score (nSPS) is 16.5. The summed E-state index contributed by atoms with van der Waals surface area (Å²) in [7, 11) is -1.68. The molecule has 61 heavy (non-hydrogen) atoms. The van der Waals surface area contributed by atoms with Gasteiger partial charge < -0.3 is 18.8 Å². The molecular formula is C53H104N2O5Si. The summed E-state index contributed by atoms with van der Waals surface area (Å²) in [5.41, 5.74) is 0.299. The summed E-state index contributed by atoms with van der Waals surface area (Å²) in [6.07, 6.45) is 33.9. The van der Waals surface area contributed by atoms with E-state index in [-0.39, 0.29) is 34.9 Å². The number of nitrogens with zero attached hydrogens (tertiary/aromatic N) is 2. The molecule has 8 heteroatoms. The lowest BCUT2D eigenvalue weighted by Gasteiger charge is -2.40. The minimum atomic E-state index is -1.68. The standard InChI is InChI=1S/C53H104N2O5Si/c1-10-14-18-22-26-32-47(33-27-23-19-15-11-2)50(56)58-44-49(45-59-51(57)48(34-28-24-20-16-12-3)35-29-25-21-17-13-4)55-42-38-53(46-55)36-40-54(41-37-53)39-30-31-43-60-61(8,9)52(5,6)7/h47-49H,10-46H2,1-9H3. The number of carbonyl (C=O) groups is 2. The second-order valence-corrected chi connectivity index (χ2v) is 26.3. The van der Waals surface area contributed by atoms with Crippen LogP contribution in [0.3, 0.4) is 0 Å². The number of ether oxygens (including phenoxy) is 2. The van der Waals surface area contributed by atoms with Crippen LogP contribution >= 0.6 is 0 Å². The van der Waals surface area contributed by atoms with Crippen LogP contribution in [0.1, 0.15) is 235 Å². The number of piperidine rings is 1. The predicted molar refractivity (Wildman–Crippen MR) is 263 cm³/mol. The predicted octanol–water partition coefficient (Wildman–Crippen LogP) is 14.7. The van der Waals surface area contributed by atoms with Crippen molar-refractivity contribution in [1.82, 2.24) is 9.80 Å². The fourth-order valence-electron chi connectivity index (χ4n) is 9.51. The first kappa shape index (κ1) is 56.2. The minimum Gasteiger partial charge on any atom is -0.464 e. The van der Waals surface area contributed by atoms with E-state index in [2.05, 4.69) is 71.4 Å². The Labute approximate surface area is 380 Å². The fraction of sp³-hybridized carbons (Fsp3) is 0.962. The average molecular weight is 878 g/mol. The van der Waals surface area contributed by atoms with E-state index < -0.39 is 8.32 Å². The number of rotatable bonds is 37. The lowest BCUT2D eigenvalue weighted by atomic mass is 9.77. The van der Waals surface area contributed by atoms with Gasteiger partial charge in [0.25, 0.3) is 0 Å². The second-order valence-electron chi connectivity index (χ2n) is 21.5. The van der Waals surface area contributed by atoms with Crippen molar-refractivity contribution in [2.75, 3.05) is 52.5 Å². The Morgan fingerprint density at radius 2 is 0.951 bits per heavy atom. The van der Waals surface area contributed by atoms with Gasteiger partial charge in [0.2, 0.25) is 0 Å². The van der Waals surface area contributed by atoms with Gasteiger partial charge in [0.05, 0.1) is 17.9 Å². The van der Waals surface area contributed by atoms with E-state index in [4.69, 9.17) is 13.9 Å². The molecule has 2 aliphatic heterocycles. The highest BCUT2D eigenvalue weighted by atomic mass is 28.4. The van der Waals surface area contributed by atoms with Gasteiger partial charge in [0.1, 0.15) is 13.2 Å². The number of carbonyl (C=O) groups excluding carboxylic acids is 2. The van der Waals surface area contributed by atoms with Crippen molar-refractivity contribution >= 4 is 20.3 Å². The topological polar surface area (TPSA) is 68.3 Å². The molecule has 0 radical (unpaired) electrons. The van der Waals surface area contributed by atoms with Crippen LogP contribution in [0.5, 0.6) is 0 Å². The zero-order valence-corrected chi connectivity index (χ0v) is 43.3. The monoisotopic (exact) mass is 877 g/mol. The smallest absolute Gasteiger partial charge is 0.308 e. The fourth-order valence-corrected chi connectivity index (χ4v) is 10.6. The summed E-state index contributed by atoms with van der Waals surface area (Å²) >= 11 is 0. The third-order valence-corrected chi connectivity index (χ3v) is 19.7. The second kappa shape index (κ2) is 32.7. The number of esters is 2. The van der Waals surface area contributed by atoms with Crippen molar-refractivity contribution < 1.29 is 23.5 Å². The van der Waals surface area contributed by atoms with Crippen LogP contribution in [0.4, 0.5) is 0 Å². The first-order valence-corrected chi connectivity index (χ1v) is 29.7. The maximum Gasteiger partial charge on any atom is 0.308 e. The molecule has 0 saturated carbocycles. The number of unbranched alkanes of at least 4 members (excludes halogenated alkanes) is 17. The third-order valence-electron chi connectivity index (χ3n) is 15.2. The van der Waals surface area contributed by atoms with Crippen molar-refractivity contribution in [2.45, 2.75) is 259 Å². The van der Waals surface area contributed by atoms with Crippen molar-refractivity contribution in [1.29, 1.82) is 0 Å². The molecule has 2 aliphatic rings. The zero-order valence-electron chi connectivity index (χ0n) is 42.3. The highest BCUT2D eigenvalue weighted by Gasteiger charge is 2.43. The van der Waals surface area contributed by atoms with E-state index in [0.29, 0.717) is 18.6 Å². The number of hydrogen-bond donors (Lipinski definition) is 0. The van der Waals surface area contributed by atoms with Gasteiger partial charge in [-0.05, 0) is 108 Å². The molecule has 0 aromatic carbocycles. The first-order valence-electron chi connectivity index (χ1n) is 26.7. The van der Waals surface area contributed by atoms with Crippen LogP contribution in [0.15, 0.2) is 0 Å². The Balaban J connectivity index is 2.09. The van der Waals surface area contributed by atoms with Crippen LogP contribution in [0, 0.1) is 17.3 Å². The third kappa shape index (κ3) is 23.7. The van der Waals surface area contributed by atoms with Crippen LogP contribution in [0.25, 0.3) is 0 Å². The summed E-state index contributed by atoms with van der Waals surface area (Å²) in [4.78, 5) is 33.1. The lowest BCUT2D eigenvalue weighted by Crippen LogP contribution is -2.46. The SMILES string of the molecule is CCCCCCCC(CCCCCCC)C(=O)OCC(COC(=O)C(CCCCCCC)CCCCCCC)N1CCC2(CCN(CCCCO[Si](C)(C)C(C)(C)C)CC2)C1. The van der Waals surface area contributed by atoms with E-state index in [9.17, 15) is 9.59 Å². The number of likely N-dealkylation sites (tertiary alicyclic amines) is 2. The maximum atomic E-state index is 13.9. The Morgan fingerprint density at radius 1 is 0.557 bits per heavy atom. The van der Waals surface area contributed by atoms with Gasteiger partial charge in [0.15, 0.2) is 8.32 Å². The molecule has 2 heterocycles. The largest absolute Gasteiger partial charge is 0.464 e. The highest BCUT2D eigenvalue weighted by molar-refractivity contribution is 6.74. The van der Waals surface area contributed by atoms with Gasteiger partial charge in [0, 0.05) is 13.2 Å². The molecule has 0 bridgehead atoms. The molecule has 0 aromatic rings. The summed E-state index contributed by atoms with van der Waals surface area (Å²) in [5, 5.41) is 0.263. The molecule has 2 saturated heterocycles. The van der Waals surface area contributed by atoms with Gasteiger partial charge in [-0.3, -0.25) is 14.5 Å². The van der Waals surface area contributed by atoms with Crippen LogP contribution in [-0.4, -0.2) is 88.6 Å². The van der Waals surface area contributed by atoms with Crippen molar-refractivity contribution in [3.63, 3.8) is 0 Å². The molecule has 0 amide bonds. The maximum absolute atomic E-state index is 13.9. The lowest BCUT2D eigenvalue weighted by molar-refractivity contribution is -0.155. The van der Waals surface area contributed by atoms with E-state index in [1.165, 1.54) is 128 Å². The Kier molecular flexibility index (Phi) is 30.1. The molecule has 360 valence electrons. The van der Waals surface area contributed by atoms with Gasteiger partial charge in [-0.15, -0.1) is 0 Å². The van der Waals surface area contributed by atoms with E-state index in [1.54, 1.807) is 0 Å². The molecule has 0 aromatic heterocycles.